The van der Waals surface area contributed by atoms with E-state index in [1.54, 1.807) is 0 Å². The number of amides is 2. The van der Waals surface area contributed by atoms with Crippen molar-refractivity contribution in [3.05, 3.63) is 28.8 Å². The standard InChI is InChI=1S/C18H26N2O2/c1-6-13(5)19-17(21)14-9-15(14)18(22)20-16-11(3)7-10(2)8-12(16)4/h7-8,13-15H,6,9H2,1-5H3,(H,19,21)(H,20,22). The van der Waals surface area contributed by atoms with Gasteiger partial charge in [0.25, 0.3) is 0 Å². The highest BCUT2D eigenvalue weighted by atomic mass is 16.2. The lowest BCUT2D eigenvalue weighted by atomic mass is 10.0. The van der Waals surface area contributed by atoms with Crippen LogP contribution in [-0.2, 0) is 9.59 Å². The van der Waals surface area contributed by atoms with Crippen molar-refractivity contribution in [2.24, 2.45) is 11.8 Å². The summed E-state index contributed by atoms with van der Waals surface area (Å²) >= 11 is 0. The van der Waals surface area contributed by atoms with Crippen molar-refractivity contribution >= 4 is 17.5 Å². The molecule has 0 radical (unpaired) electrons. The van der Waals surface area contributed by atoms with Gasteiger partial charge in [0.1, 0.15) is 0 Å². The zero-order chi connectivity index (χ0) is 16.4. The zero-order valence-electron chi connectivity index (χ0n) is 14.1. The summed E-state index contributed by atoms with van der Waals surface area (Å²) in [4.78, 5) is 24.4. The van der Waals surface area contributed by atoms with Crippen LogP contribution < -0.4 is 10.6 Å². The molecule has 0 aromatic heterocycles. The molecule has 0 aliphatic heterocycles. The van der Waals surface area contributed by atoms with E-state index in [-0.39, 0.29) is 29.7 Å². The van der Waals surface area contributed by atoms with Gasteiger partial charge in [-0.3, -0.25) is 9.59 Å². The van der Waals surface area contributed by atoms with Gasteiger partial charge in [-0.05, 0) is 51.7 Å². The Morgan fingerprint density at radius 2 is 1.68 bits per heavy atom. The van der Waals surface area contributed by atoms with Crippen LogP contribution in [0.5, 0.6) is 0 Å². The number of aryl methyl sites for hydroxylation is 3. The highest BCUT2D eigenvalue weighted by Crippen LogP contribution is 2.40. The third-order valence-corrected chi connectivity index (χ3v) is 4.39. The Balaban J connectivity index is 1.97. The molecule has 1 fully saturated rings. The third-order valence-electron chi connectivity index (χ3n) is 4.39. The Bertz CT molecular complexity index is 572. The number of rotatable bonds is 5. The molecule has 2 amide bonds. The Labute approximate surface area is 132 Å². The first-order valence-electron chi connectivity index (χ1n) is 8.02. The molecule has 4 nitrogen and oxygen atoms in total. The maximum Gasteiger partial charge on any atom is 0.228 e. The van der Waals surface area contributed by atoms with E-state index in [2.05, 4.69) is 22.8 Å². The van der Waals surface area contributed by atoms with Crippen LogP contribution in [-0.4, -0.2) is 17.9 Å². The van der Waals surface area contributed by atoms with Gasteiger partial charge in [-0.25, -0.2) is 0 Å². The van der Waals surface area contributed by atoms with Crippen LogP contribution >= 0.6 is 0 Å². The van der Waals surface area contributed by atoms with Crippen LogP contribution in [0.25, 0.3) is 0 Å². The quantitative estimate of drug-likeness (QED) is 0.878. The normalized spacial score (nSPS) is 21.1. The molecule has 0 spiro atoms. The van der Waals surface area contributed by atoms with E-state index in [0.717, 1.165) is 23.2 Å². The number of benzene rings is 1. The third kappa shape index (κ3) is 3.67. The van der Waals surface area contributed by atoms with Gasteiger partial charge in [-0.15, -0.1) is 0 Å². The lowest BCUT2D eigenvalue weighted by Gasteiger charge is -2.13. The minimum absolute atomic E-state index is 0.00634. The molecule has 3 unspecified atom stereocenters. The molecular formula is C18H26N2O2. The number of carbonyl (C=O) groups excluding carboxylic acids is 2. The highest BCUT2D eigenvalue weighted by Gasteiger charge is 2.48. The Morgan fingerprint density at radius 3 is 2.23 bits per heavy atom. The van der Waals surface area contributed by atoms with E-state index in [4.69, 9.17) is 0 Å². The molecule has 0 bridgehead atoms. The largest absolute Gasteiger partial charge is 0.353 e. The Kier molecular flexibility index (Phi) is 4.89. The first-order valence-corrected chi connectivity index (χ1v) is 8.02. The minimum Gasteiger partial charge on any atom is -0.353 e. The smallest absolute Gasteiger partial charge is 0.228 e. The van der Waals surface area contributed by atoms with Crippen molar-refractivity contribution in [2.45, 2.75) is 53.5 Å². The summed E-state index contributed by atoms with van der Waals surface area (Å²) in [6, 6.07) is 4.28. The van der Waals surface area contributed by atoms with Crippen molar-refractivity contribution in [2.75, 3.05) is 5.32 Å². The SMILES string of the molecule is CCC(C)NC(=O)C1CC1C(=O)Nc1c(C)cc(C)cc1C. The number of hydrogen-bond acceptors (Lipinski definition) is 2. The fourth-order valence-electron chi connectivity index (χ4n) is 2.82. The van der Waals surface area contributed by atoms with Crippen LogP contribution in [0.4, 0.5) is 5.69 Å². The van der Waals surface area contributed by atoms with E-state index >= 15 is 0 Å². The molecule has 0 heterocycles. The van der Waals surface area contributed by atoms with Crippen molar-refractivity contribution in [3.63, 3.8) is 0 Å². The van der Waals surface area contributed by atoms with Gasteiger partial charge < -0.3 is 10.6 Å². The summed E-state index contributed by atoms with van der Waals surface area (Å²) in [5, 5.41) is 5.95. The highest BCUT2D eigenvalue weighted by molar-refractivity contribution is 6.00. The van der Waals surface area contributed by atoms with Gasteiger partial charge in [0.2, 0.25) is 11.8 Å². The molecule has 1 aromatic rings. The minimum atomic E-state index is -0.191. The molecule has 1 aliphatic carbocycles. The van der Waals surface area contributed by atoms with E-state index in [1.807, 2.05) is 34.6 Å². The van der Waals surface area contributed by atoms with Crippen LogP contribution in [0.15, 0.2) is 12.1 Å². The summed E-state index contributed by atoms with van der Waals surface area (Å²) in [5.41, 5.74) is 4.19. The summed E-state index contributed by atoms with van der Waals surface area (Å²) in [6.45, 7) is 10.0. The van der Waals surface area contributed by atoms with Crippen molar-refractivity contribution in [1.82, 2.24) is 5.32 Å². The van der Waals surface area contributed by atoms with E-state index < -0.39 is 0 Å². The van der Waals surface area contributed by atoms with E-state index in [9.17, 15) is 9.59 Å². The lowest BCUT2D eigenvalue weighted by molar-refractivity contribution is -0.125. The second-order valence-electron chi connectivity index (χ2n) is 6.53. The molecule has 1 saturated carbocycles. The average Bonchev–Trinajstić information content (AvgIpc) is 3.22. The average molecular weight is 302 g/mol. The summed E-state index contributed by atoms with van der Waals surface area (Å²) in [6.07, 6.45) is 1.55. The van der Waals surface area contributed by atoms with Gasteiger partial charge in [0.15, 0.2) is 0 Å². The van der Waals surface area contributed by atoms with Crippen LogP contribution in [0.2, 0.25) is 0 Å². The fraction of sp³-hybridized carbons (Fsp3) is 0.556. The lowest BCUT2D eigenvalue weighted by Crippen LogP contribution is -2.34. The molecule has 0 saturated heterocycles. The second kappa shape index (κ2) is 6.51. The van der Waals surface area contributed by atoms with Gasteiger partial charge in [-0.1, -0.05) is 24.6 Å². The first-order chi connectivity index (χ1) is 10.3. The zero-order valence-corrected chi connectivity index (χ0v) is 14.1. The Morgan fingerprint density at radius 1 is 1.14 bits per heavy atom. The topological polar surface area (TPSA) is 58.2 Å². The van der Waals surface area contributed by atoms with Crippen molar-refractivity contribution in [3.8, 4) is 0 Å². The van der Waals surface area contributed by atoms with Crippen molar-refractivity contribution < 1.29 is 9.59 Å². The first kappa shape index (κ1) is 16.5. The van der Waals surface area contributed by atoms with E-state index in [1.165, 1.54) is 5.56 Å². The van der Waals surface area contributed by atoms with Crippen LogP contribution in [0, 0.1) is 32.6 Å². The second-order valence-corrected chi connectivity index (χ2v) is 6.53. The molecule has 2 N–H and O–H groups in total. The van der Waals surface area contributed by atoms with Crippen molar-refractivity contribution in [1.29, 1.82) is 0 Å². The predicted octanol–water partition coefficient (Wildman–Crippen LogP) is 3.10. The summed E-state index contributed by atoms with van der Waals surface area (Å²) in [7, 11) is 0. The molecule has 3 atom stereocenters. The maximum atomic E-state index is 12.3. The summed E-state index contributed by atoms with van der Waals surface area (Å²) in [5.74, 6) is -0.393. The predicted molar refractivity (Wildman–Crippen MR) is 88.8 cm³/mol. The summed E-state index contributed by atoms with van der Waals surface area (Å²) < 4.78 is 0. The molecule has 1 aromatic carbocycles. The number of anilines is 1. The van der Waals surface area contributed by atoms with Crippen LogP contribution in [0.3, 0.4) is 0 Å². The molecule has 4 heteroatoms. The monoisotopic (exact) mass is 302 g/mol. The number of carbonyl (C=O) groups is 2. The maximum absolute atomic E-state index is 12.3. The van der Waals surface area contributed by atoms with Gasteiger partial charge >= 0.3 is 0 Å². The van der Waals surface area contributed by atoms with Gasteiger partial charge in [0.05, 0.1) is 11.8 Å². The number of hydrogen-bond donors (Lipinski definition) is 2. The molecule has 2 rings (SSSR count). The van der Waals surface area contributed by atoms with Gasteiger partial charge in [-0.2, -0.15) is 0 Å². The molecule has 22 heavy (non-hydrogen) atoms. The molecule has 1 aliphatic rings. The van der Waals surface area contributed by atoms with Gasteiger partial charge in [0, 0.05) is 11.7 Å². The fourth-order valence-corrected chi connectivity index (χ4v) is 2.82. The molecular weight excluding hydrogens is 276 g/mol. The van der Waals surface area contributed by atoms with E-state index in [0.29, 0.717) is 6.42 Å². The molecule has 120 valence electrons. The van der Waals surface area contributed by atoms with Crippen LogP contribution in [0.1, 0.15) is 43.4 Å². The number of nitrogens with one attached hydrogen (secondary N) is 2. The Hall–Kier alpha value is -1.84.